The average molecular weight is 288 g/mol. The van der Waals surface area contributed by atoms with Gasteiger partial charge in [0.2, 0.25) is 0 Å². The smallest absolute Gasteiger partial charge is 0.160 e. The third-order valence-corrected chi connectivity index (χ3v) is 3.48. The van der Waals surface area contributed by atoms with Crippen molar-refractivity contribution in [2.45, 2.75) is 19.9 Å². The topological polar surface area (TPSA) is 50.9 Å². The van der Waals surface area contributed by atoms with Crippen molar-refractivity contribution in [1.29, 1.82) is 0 Å². The summed E-state index contributed by atoms with van der Waals surface area (Å²) in [7, 11) is 0. The molecule has 102 valence electrons. The monoisotopic (exact) mass is 287 g/mol. The first kappa shape index (κ1) is 12.9. The Labute approximate surface area is 121 Å². The quantitative estimate of drug-likeness (QED) is 0.774. The van der Waals surface area contributed by atoms with Gasteiger partial charge < -0.3 is 5.11 Å². The van der Waals surface area contributed by atoms with Gasteiger partial charge in [0.15, 0.2) is 5.65 Å². The molecule has 0 bridgehead atoms. The molecule has 0 saturated carbocycles. The first-order valence-electron chi connectivity index (χ1n) is 6.39. The van der Waals surface area contributed by atoms with Crippen molar-refractivity contribution in [2.75, 3.05) is 0 Å². The molecular weight excluding hydrogens is 274 g/mol. The lowest BCUT2D eigenvalue weighted by Gasteiger charge is -2.08. The molecule has 3 aromatic rings. The number of pyridine rings is 1. The predicted octanol–water partition coefficient (Wildman–Crippen LogP) is 4.04. The van der Waals surface area contributed by atoms with Crippen LogP contribution in [0.5, 0.6) is 5.75 Å². The number of fused-ring (bicyclic) bond motifs is 1. The number of aromatic nitrogens is 3. The van der Waals surface area contributed by atoms with E-state index in [9.17, 15) is 5.11 Å². The molecule has 3 rings (SSSR count). The van der Waals surface area contributed by atoms with Gasteiger partial charge in [0.25, 0.3) is 0 Å². The molecule has 0 aliphatic heterocycles. The van der Waals surface area contributed by atoms with Crippen LogP contribution in [-0.2, 0) is 0 Å². The van der Waals surface area contributed by atoms with Crippen LogP contribution in [0.3, 0.4) is 0 Å². The summed E-state index contributed by atoms with van der Waals surface area (Å²) in [5, 5.41) is 15.2. The largest absolute Gasteiger partial charge is 0.508 e. The lowest BCUT2D eigenvalue weighted by molar-refractivity contribution is 0.475. The summed E-state index contributed by atoms with van der Waals surface area (Å²) in [5.74, 6) is 0.230. The van der Waals surface area contributed by atoms with Crippen molar-refractivity contribution in [1.82, 2.24) is 14.8 Å². The number of hydrogen-bond acceptors (Lipinski definition) is 3. The molecule has 1 N–H and O–H groups in total. The van der Waals surface area contributed by atoms with Crippen LogP contribution in [0.25, 0.3) is 22.3 Å². The molecular formula is C15H14ClN3O. The zero-order valence-corrected chi connectivity index (χ0v) is 12.0. The van der Waals surface area contributed by atoms with Crippen LogP contribution in [0.2, 0.25) is 5.02 Å². The van der Waals surface area contributed by atoms with E-state index in [4.69, 9.17) is 11.6 Å². The molecule has 20 heavy (non-hydrogen) atoms. The van der Waals surface area contributed by atoms with Gasteiger partial charge in [-0.05, 0) is 44.2 Å². The summed E-state index contributed by atoms with van der Waals surface area (Å²) < 4.78 is 1.85. The van der Waals surface area contributed by atoms with Gasteiger partial charge >= 0.3 is 0 Å². The predicted molar refractivity (Wildman–Crippen MR) is 80.0 cm³/mol. The van der Waals surface area contributed by atoms with Gasteiger partial charge in [-0.1, -0.05) is 11.6 Å². The van der Waals surface area contributed by atoms with Gasteiger partial charge in [-0.25, -0.2) is 9.67 Å². The minimum atomic E-state index is 0.214. The summed E-state index contributed by atoms with van der Waals surface area (Å²) >= 11 is 6.32. The second-order valence-corrected chi connectivity index (χ2v) is 5.36. The zero-order valence-electron chi connectivity index (χ0n) is 11.2. The van der Waals surface area contributed by atoms with E-state index in [1.807, 2.05) is 22.9 Å². The van der Waals surface area contributed by atoms with Crippen molar-refractivity contribution >= 4 is 22.6 Å². The highest BCUT2D eigenvalue weighted by Crippen LogP contribution is 2.29. The maximum atomic E-state index is 9.35. The number of rotatable bonds is 2. The molecule has 2 aromatic heterocycles. The maximum Gasteiger partial charge on any atom is 0.160 e. The molecule has 0 aliphatic carbocycles. The van der Waals surface area contributed by atoms with Crippen LogP contribution in [0.15, 0.2) is 36.5 Å². The third-order valence-electron chi connectivity index (χ3n) is 3.17. The number of benzene rings is 1. The van der Waals surface area contributed by atoms with E-state index in [2.05, 4.69) is 23.9 Å². The van der Waals surface area contributed by atoms with E-state index in [1.54, 1.807) is 18.3 Å². The van der Waals surface area contributed by atoms with Crippen molar-refractivity contribution in [3.05, 3.63) is 41.6 Å². The summed E-state index contributed by atoms with van der Waals surface area (Å²) in [5.41, 5.74) is 2.45. The minimum Gasteiger partial charge on any atom is -0.508 e. The van der Waals surface area contributed by atoms with Crippen molar-refractivity contribution in [3.8, 4) is 17.0 Å². The fraction of sp³-hybridized carbons (Fsp3) is 0.200. The summed E-state index contributed by atoms with van der Waals surface area (Å²) in [6, 6.07) is 8.93. The van der Waals surface area contributed by atoms with E-state index in [0.717, 1.165) is 22.3 Å². The van der Waals surface area contributed by atoms with Gasteiger partial charge in [0.1, 0.15) is 5.75 Å². The highest BCUT2D eigenvalue weighted by molar-refractivity contribution is 6.35. The van der Waals surface area contributed by atoms with E-state index in [1.165, 1.54) is 0 Å². The Morgan fingerprint density at radius 1 is 1.20 bits per heavy atom. The highest BCUT2D eigenvalue weighted by atomic mass is 35.5. The molecule has 1 aromatic carbocycles. The third kappa shape index (κ3) is 2.12. The van der Waals surface area contributed by atoms with Crippen molar-refractivity contribution in [3.63, 3.8) is 0 Å². The number of phenols is 1. The van der Waals surface area contributed by atoms with E-state index in [0.29, 0.717) is 5.02 Å². The molecule has 2 heterocycles. The molecule has 0 saturated heterocycles. The number of aromatic hydroxyl groups is 1. The van der Waals surface area contributed by atoms with Gasteiger partial charge in [0.05, 0.1) is 22.3 Å². The number of hydrogen-bond donors (Lipinski definition) is 1. The van der Waals surface area contributed by atoms with E-state index in [-0.39, 0.29) is 11.8 Å². The van der Waals surface area contributed by atoms with Crippen LogP contribution < -0.4 is 0 Å². The van der Waals surface area contributed by atoms with Gasteiger partial charge in [0, 0.05) is 11.6 Å². The Bertz CT molecular complexity index is 763. The second kappa shape index (κ2) is 4.80. The zero-order chi connectivity index (χ0) is 14.3. The molecule has 0 fully saturated rings. The Morgan fingerprint density at radius 2 is 1.90 bits per heavy atom. The van der Waals surface area contributed by atoms with Crippen LogP contribution in [0, 0.1) is 0 Å². The Morgan fingerprint density at radius 3 is 2.55 bits per heavy atom. The standard InChI is InChI=1S/C15H14ClN3O/c1-9(2)19-15-12(8-17-19)13(16)7-14(18-15)10-3-5-11(20)6-4-10/h3-9,20H,1-2H3. The number of nitrogens with zero attached hydrogens (tertiary/aromatic N) is 3. The van der Waals surface area contributed by atoms with E-state index >= 15 is 0 Å². The molecule has 0 spiro atoms. The van der Waals surface area contributed by atoms with Crippen molar-refractivity contribution < 1.29 is 5.11 Å². The molecule has 0 radical (unpaired) electrons. The van der Waals surface area contributed by atoms with Gasteiger partial charge in [-0.2, -0.15) is 5.10 Å². The van der Waals surface area contributed by atoms with Crippen LogP contribution >= 0.6 is 11.6 Å². The lowest BCUT2D eigenvalue weighted by atomic mass is 10.1. The van der Waals surface area contributed by atoms with Gasteiger partial charge in [-0.3, -0.25) is 0 Å². The minimum absolute atomic E-state index is 0.214. The molecule has 5 heteroatoms. The summed E-state index contributed by atoms with van der Waals surface area (Å²) in [6.07, 6.45) is 1.74. The second-order valence-electron chi connectivity index (χ2n) is 4.96. The average Bonchev–Trinajstić information content (AvgIpc) is 2.84. The summed E-state index contributed by atoms with van der Waals surface area (Å²) in [4.78, 5) is 4.65. The molecule has 0 aliphatic rings. The number of phenolic OH excluding ortho intramolecular Hbond substituents is 1. The first-order chi connectivity index (χ1) is 9.56. The highest BCUT2D eigenvalue weighted by Gasteiger charge is 2.12. The Balaban J connectivity index is 2.22. The van der Waals surface area contributed by atoms with Crippen LogP contribution in [-0.4, -0.2) is 19.9 Å². The normalized spacial score (nSPS) is 11.4. The first-order valence-corrected chi connectivity index (χ1v) is 6.77. The Hall–Kier alpha value is -2.07. The maximum absolute atomic E-state index is 9.35. The van der Waals surface area contributed by atoms with Crippen molar-refractivity contribution in [2.24, 2.45) is 0 Å². The lowest BCUT2D eigenvalue weighted by Crippen LogP contribution is -2.03. The molecule has 4 nitrogen and oxygen atoms in total. The fourth-order valence-corrected chi connectivity index (χ4v) is 2.37. The van der Waals surface area contributed by atoms with Crippen LogP contribution in [0.1, 0.15) is 19.9 Å². The number of halogens is 1. The van der Waals surface area contributed by atoms with E-state index < -0.39 is 0 Å². The Kier molecular flexibility index (Phi) is 3.10. The molecule has 0 unspecified atom stereocenters. The SMILES string of the molecule is CC(C)n1ncc2c(Cl)cc(-c3ccc(O)cc3)nc21. The molecule has 0 amide bonds. The fourth-order valence-electron chi connectivity index (χ4n) is 2.14. The van der Waals surface area contributed by atoms with Gasteiger partial charge in [-0.15, -0.1) is 0 Å². The summed E-state index contributed by atoms with van der Waals surface area (Å²) in [6.45, 7) is 4.10. The van der Waals surface area contributed by atoms with Crippen LogP contribution in [0.4, 0.5) is 0 Å². The molecule has 0 atom stereocenters.